The molecule has 0 saturated carbocycles. The number of benzene rings is 5. The summed E-state index contributed by atoms with van der Waals surface area (Å²) in [6.07, 6.45) is 7.45. The molecule has 6 heteroatoms. The second-order valence-electron chi connectivity index (χ2n) is 22.7. The Balaban J connectivity index is 1.23. The molecule has 5 heterocycles. The third-order valence-electron chi connectivity index (χ3n) is 14.1. The number of imidazole rings is 1. The Bertz CT molecular complexity index is 3370. The molecule has 11 rings (SSSR count). The number of rotatable bonds is 3. The lowest BCUT2D eigenvalue weighted by molar-refractivity contribution is -0.649. The van der Waals surface area contributed by atoms with Crippen LogP contribution in [0.15, 0.2) is 122 Å². The van der Waals surface area contributed by atoms with Crippen LogP contribution in [0.3, 0.4) is 0 Å². The maximum atomic E-state index is 6.99. The zero-order valence-corrected chi connectivity index (χ0v) is 40.2. The predicted molar refractivity (Wildman–Crippen MR) is 265 cm³/mol. The first-order valence-corrected chi connectivity index (χ1v) is 23.1. The van der Waals surface area contributed by atoms with Gasteiger partial charge in [0.15, 0.2) is 0 Å². The maximum Gasteiger partial charge on any atom is 0.244 e. The van der Waals surface area contributed by atoms with Crippen LogP contribution in [0.1, 0.15) is 128 Å². The zero-order valence-electron chi connectivity index (χ0n) is 40.2. The largest absolute Gasteiger partial charge is 0.458 e. The average Bonchev–Trinajstić information content (AvgIpc) is 3.87. The molecule has 1 spiro atoms. The predicted octanol–water partition coefficient (Wildman–Crippen LogP) is 13.8. The zero-order chi connectivity index (χ0) is 45.7. The molecule has 0 bridgehead atoms. The first-order chi connectivity index (χ1) is 30.7. The van der Waals surface area contributed by atoms with Crippen LogP contribution in [0.5, 0.6) is 11.5 Å². The first kappa shape index (κ1) is 41.2. The van der Waals surface area contributed by atoms with Gasteiger partial charge in [-0.15, -0.1) is 0 Å². The Labute approximate surface area is 383 Å². The molecule has 65 heavy (non-hydrogen) atoms. The first-order valence-electron chi connectivity index (χ1n) is 23.1. The number of ether oxygens (including phenoxy) is 1. The Hall–Kier alpha value is -6.53. The van der Waals surface area contributed by atoms with Gasteiger partial charge in [-0.2, -0.15) is 0 Å². The molecule has 0 N–H and O–H groups in total. The molecule has 5 aromatic carbocycles. The second-order valence-corrected chi connectivity index (χ2v) is 22.7. The summed E-state index contributed by atoms with van der Waals surface area (Å²) in [5.74, 6) is 2.33. The normalized spacial score (nSPS) is 14.4. The summed E-state index contributed by atoms with van der Waals surface area (Å²) in [5.41, 5.74) is 18.7. The van der Waals surface area contributed by atoms with Crippen molar-refractivity contribution in [3.63, 3.8) is 0 Å². The van der Waals surface area contributed by atoms with Crippen LogP contribution < -0.4 is 9.30 Å². The smallest absolute Gasteiger partial charge is 0.244 e. The molecule has 4 aromatic heterocycles. The fourth-order valence-corrected chi connectivity index (χ4v) is 11.0. The summed E-state index contributed by atoms with van der Waals surface area (Å²) in [6.45, 7) is 28.5. The van der Waals surface area contributed by atoms with Crippen LogP contribution in [-0.4, -0.2) is 19.1 Å². The summed E-state index contributed by atoms with van der Waals surface area (Å²) in [4.78, 5) is 9.55. The Morgan fingerprint density at radius 2 is 1.20 bits per heavy atom. The minimum atomic E-state index is -0.652. The van der Waals surface area contributed by atoms with E-state index >= 15 is 0 Å². The monoisotopic (exact) mass is 853 g/mol. The fourth-order valence-electron chi connectivity index (χ4n) is 11.0. The van der Waals surface area contributed by atoms with Gasteiger partial charge >= 0.3 is 0 Å². The summed E-state index contributed by atoms with van der Waals surface area (Å²) >= 11 is 0. The quantitative estimate of drug-likeness (QED) is 0.131. The summed E-state index contributed by atoms with van der Waals surface area (Å²) in [7, 11) is 2.12. The molecule has 0 radical (unpaired) electrons. The topological polar surface area (TPSA) is 48.8 Å². The van der Waals surface area contributed by atoms with Crippen molar-refractivity contribution in [1.29, 1.82) is 0 Å². The van der Waals surface area contributed by atoms with E-state index in [1.165, 1.54) is 61.2 Å². The molecule has 0 amide bonds. The number of para-hydroxylation sites is 1. The maximum absolute atomic E-state index is 6.99. The molecule has 0 atom stereocenters. The van der Waals surface area contributed by atoms with Crippen LogP contribution in [0, 0.1) is 6.33 Å². The van der Waals surface area contributed by atoms with Crippen molar-refractivity contribution in [2.24, 2.45) is 7.05 Å². The van der Waals surface area contributed by atoms with Crippen molar-refractivity contribution in [1.82, 2.24) is 19.1 Å². The van der Waals surface area contributed by atoms with Crippen LogP contribution in [0.4, 0.5) is 0 Å². The third kappa shape index (κ3) is 5.94. The highest BCUT2D eigenvalue weighted by atomic mass is 16.5. The lowest BCUT2D eigenvalue weighted by Gasteiger charge is -2.45. The summed E-state index contributed by atoms with van der Waals surface area (Å²) in [6, 6.07) is 40.3. The number of aryl methyl sites for hydroxylation is 1. The number of pyridine rings is 2. The van der Waals surface area contributed by atoms with E-state index in [-0.39, 0.29) is 21.7 Å². The number of hydrogen-bond acceptors (Lipinski definition) is 3. The van der Waals surface area contributed by atoms with E-state index < -0.39 is 5.41 Å². The molecular formula is C59H59N5O. The third-order valence-corrected chi connectivity index (χ3v) is 14.1. The highest BCUT2D eigenvalue weighted by molar-refractivity contribution is 6.07. The molecule has 0 unspecified atom stereocenters. The van der Waals surface area contributed by atoms with E-state index in [0.717, 1.165) is 50.5 Å². The van der Waals surface area contributed by atoms with Crippen LogP contribution in [0.25, 0.3) is 55.6 Å². The van der Waals surface area contributed by atoms with E-state index in [4.69, 9.17) is 14.7 Å². The van der Waals surface area contributed by atoms with Gasteiger partial charge in [-0.3, -0.25) is 9.55 Å². The lowest BCUT2D eigenvalue weighted by atomic mass is 9.60. The van der Waals surface area contributed by atoms with Gasteiger partial charge in [0, 0.05) is 23.8 Å². The fraction of sp³-hybridized carbons (Fsp3) is 0.305. The van der Waals surface area contributed by atoms with Gasteiger partial charge in [-0.1, -0.05) is 138 Å². The van der Waals surface area contributed by atoms with Crippen molar-refractivity contribution in [2.45, 2.75) is 110 Å². The SMILES string of the molecule is C[n+]1[c-]n2c3c(cccc31)C1(c3ccc(Oc4ccc5c6ncccc6n(-c6ccccn6)c5c4)cc3-2)c2c(cc(C(C)(C)C)cc2C(C)(C)C)-c2cc(C(C)(C)C)cc(C(C)(C)C)c21. The minimum absolute atomic E-state index is 0.0565. The summed E-state index contributed by atoms with van der Waals surface area (Å²) < 4.78 is 13.6. The molecule has 0 saturated heterocycles. The lowest BCUT2D eigenvalue weighted by Crippen LogP contribution is -2.38. The van der Waals surface area contributed by atoms with Crippen LogP contribution in [-0.2, 0) is 34.1 Å². The molecule has 2 aliphatic rings. The number of aromatic nitrogens is 5. The Morgan fingerprint density at radius 1 is 0.569 bits per heavy atom. The van der Waals surface area contributed by atoms with Gasteiger partial charge in [0.05, 0.1) is 45.7 Å². The molecule has 1 aliphatic carbocycles. The van der Waals surface area contributed by atoms with E-state index in [1.807, 2.05) is 36.7 Å². The van der Waals surface area contributed by atoms with Crippen molar-refractivity contribution in [3.8, 4) is 34.1 Å². The van der Waals surface area contributed by atoms with E-state index in [1.54, 1.807) is 0 Å². The van der Waals surface area contributed by atoms with Crippen LogP contribution in [0.2, 0.25) is 0 Å². The number of hydrogen-bond donors (Lipinski definition) is 0. The summed E-state index contributed by atoms with van der Waals surface area (Å²) in [5, 5.41) is 1.05. The average molecular weight is 854 g/mol. The van der Waals surface area contributed by atoms with Crippen molar-refractivity contribution < 1.29 is 9.30 Å². The standard InChI is InChI=1S/C59H59N5O/c1-55(2,3)35-28-40-41-29-36(56(4,5)6)31-45(58(10,11)12)52(41)59(51(40)44(30-35)57(7,8)9)42-25-23-38(33-49(42)63-34-62(13)47-19-16-18-43(59)54(47)63)65-37-22-24-39-48(32-37)64(50-21-14-15-26-60-50)46-20-17-27-61-53(39)46/h14-33H,1-13H3. The molecule has 1 aliphatic heterocycles. The van der Waals surface area contributed by atoms with E-state index in [2.05, 4.69) is 195 Å². The highest BCUT2D eigenvalue weighted by Gasteiger charge is 2.54. The molecular weight excluding hydrogens is 795 g/mol. The van der Waals surface area contributed by atoms with E-state index in [9.17, 15) is 0 Å². The van der Waals surface area contributed by atoms with Gasteiger partial charge < -0.3 is 13.9 Å². The van der Waals surface area contributed by atoms with Gasteiger partial charge in [0.2, 0.25) is 6.33 Å². The van der Waals surface area contributed by atoms with Crippen LogP contribution >= 0.6 is 0 Å². The van der Waals surface area contributed by atoms with E-state index in [0.29, 0.717) is 0 Å². The van der Waals surface area contributed by atoms with Gasteiger partial charge in [-0.05, 0) is 126 Å². The molecule has 9 aromatic rings. The molecule has 326 valence electrons. The van der Waals surface area contributed by atoms with Gasteiger partial charge in [-0.25, -0.2) is 4.98 Å². The van der Waals surface area contributed by atoms with Crippen molar-refractivity contribution >= 4 is 33.0 Å². The van der Waals surface area contributed by atoms with Crippen molar-refractivity contribution in [3.05, 3.63) is 172 Å². The van der Waals surface area contributed by atoms with Crippen molar-refractivity contribution in [2.75, 3.05) is 0 Å². The number of fused-ring (bicyclic) bond motifs is 12. The Morgan fingerprint density at radius 3 is 1.82 bits per heavy atom. The number of nitrogens with zero attached hydrogens (tertiary/aromatic N) is 5. The second kappa shape index (κ2) is 13.5. The van der Waals surface area contributed by atoms with Gasteiger partial charge in [0.25, 0.3) is 0 Å². The molecule has 6 nitrogen and oxygen atoms in total. The highest BCUT2D eigenvalue weighted by Crippen LogP contribution is 2.65. The van der Waals surface area contributed by atoms with Gasteiger partial charge in [0.1, 0.15) is 17.3 Å². The minimum Gasteiger partial charge on any atom is -0.458 e. The molecule has 0 fully saturated rings. The Kier molecular flexibility index (Phi) is 8.56.